The number of hydrogen-bond acceptors (Lipinski definition) is 5. The number of benzene rings is 1. The summed E-state index contributed by atoms with van der Waals surface area (Å²) in [6, 6.07) is 9.71. The highest BCUT2D eigenvalue weighted by atomic mass is 32.2. The molecule has 0 aliphatic carbocycles. The van der Waals surface area contributed by atoms with Gasteiger partial charge < -0.3 is 9.47 Å². The summed E-state index contributed by atoms with van der Waals surface area (Å²) in [5.74, 6) is 0.724. The molecule has 0 aliphatic rings. The lowest BCUT2D eigenvalue weighted by Crippen LogP contribution is -2.06. The summed E-state index contributed by atoms with van der Waals surface area (Å²) >= 11 is 0. The van der Waals surface area contributed by atoms with Gasteiger partial charge in [0, 0.05) is 12.3 Å². The normalized spacial score (nSPS) is 11.1. The molecule has 20 heavy (non-hydrogen) atoms. The number of pyridine rings is 1. The number of methoxy groups -OCH3 is 2. The molecule has 1 aromatic carbocycles. The van der Waals surface area contributed by atoms with Gasteiger partial charge in [0.15, 0.2) is 21.3 Å². The maximum Gasteiger partial charge on any atom is 0.184 e. The van der Waals surface area contributed by atoms with Crippen LogP contribution in [-0.4, -0.2) is 27.6 Å². The van der Waals surface area contributed by atoms with E-state index in [4.69, 9.17) is 9.47 Å². The molecule has 0 radical (unpaired) electrons. The Morgan fingerprint density at radius 1 is 1.05 bits per heavy atom. The second-order valence-corrected chi connectivity index (χ2v) is 6.09. The van der Waals surface area contributed by atoms with Gasteiger partial charge in [-0.3, -0.25) is 4.98 Å². The van der Waals surface area contributed by atoms with Gasteiger partial charge in [0.25, 0.3) is 0 Å². The highest BCUT2D eigenvalue weighted by Crippen LogP contribution is 2.30. The zero-order valence-corrected chi connectivity index (χ0v) is 12.1. The van der Waals surface area contributed by atoms with E-state index in [0.29, 0.717) is 17.2 Å². The largest absolute Gasteiger partial charge is 0.493 e. The molecule has 0 spiro atoms. The van der Waals surface area contributed by atoms with Gasteiger partial charge in [0.05, 0.1) is 30.6 Å². The van der Waals surface area contributed by atoms with Crippen LogP contribution in [0, 0.1) is 0 Å². The molecule has 0 aliphatic heterocycles. The first kappa shape index (κ1) is 14.3. The summed E-state index contributed by atoms with van der Waals surface area (Å²) in [4.78, 5) is 4.21. The summed E-state index contributed by atoms with van der Waals surface area (Å²) in [5.41, 5.74) is 0.502. The molecule has 0 N–H and O–H groups in total. The van der Waals surface area contributed by atoms with Crippen LogP contribution >= 0.6 is 0 Å². The molecule has 2 aromatic rings. The van der Waals surface area contributed by atoms with Crippen molar-refractivity contribution in [2.24, 2.45) is 0 Å². The third kappa shape index (κ3) is 3.08. The van der Waals surface area contributed by atoms with E-state index in [0.717, 1.165) is 0 Å². The smallest absolute Gasteiger partial charge is 0.184 e. The Bertz CT molecular complexity index is 684. The van der Waals surface area contributed by atoms with Crippen molar-refractivity contribution in [3.63, 3.8) is 0 Å². The predicted molar refractivity (Wildman–Crippen MR) is 74.7 cm³/mol. The van der Waals surface area contributed by atoms with E-state index in [1.807, 2.05) is 0 Å². The van der Waals surface area contributed by atoms with E-state index in [-0.39, 0.29) is 10.6 Å². The Labute approximate surface area is 118 Å². The molecule has 0 bridgehead atoms. The molecule has 106 valence electrons. The van der Waals surface area contributed by atoms with E-state index >= 15 is 0 Å². The van der Waals surface area contributed by atoms with Gasteiger partial charge in [0.2, 0.25) is 0 Å². The SMILES string of the molecule is COc1ccc(S(=O)(=O)Cc2ccccn2)cc1OC. The molecule has 1 heterocycles. The van der Waals surface area contributed by atoms with Crippen LogP contribution in [0.4, 0.5) is 0 Å². The number of nitrogens with zero attached hydrogens (tertiary/aromatic N) is 1. The molecule has 0 unspecified atom stereocenters. The molecule has 5 nitrogen and oxygen atoms in total. The van der Waals surface area contributed by atoms with Crippen LogP contribution in [0.2, 0.25) is 0 Å². The van der Waals surface area contributed by atoms with Crippen molar-refractivity contribution in [2.45, 2.75) is 10.6 Å². The van der Waals surface area contributed by atoms with Crippen LogP contribution in [0.25, 0.3) is 0 Å². The molecule has 2 rings (SSSR count). The highest BCUT2D eigenvalue weighted by molar-refractivity contribution is 7.90. The summed E-state index contributed by atoms with van der Waals surface area (Å²) in [6.07, 6.45) is 1.57. The Morgan fingerprint density at radius 2 is 1.80 bits per heavy atom. The predicted octanol–water partition coefficient (Wildman–Crippen LogP) is 2.07. The average molecular weight is 293 g/mol. The van der Waals surface area contributed by atoms with Crippen molar-refractivity contribution in [2.75, 3.05) is 14.2 Å². The Balaban J connectivity index is 2.35. The average Bonchev–Trinajstić information content (AvgIpc) is 2.47. The van der Waals surface area contributed by atoms with E-state index in [1.54, 1.807) is 30.5 Å². The Morgan fingerprint density at radius 3 is 2.40 bits per heavy atom. The number of hydrogen-bond donors (Lipinski definition) is 0. The van der Waals surface area contributed by atoms with Crippen LogP contribution in [0.15, 0.2) is 47.5 Å². The van der Waals surface area contributed by atoms with Crippen molar-refractivity contribution in [3.8, 4) is 11.5 Å². The minimum absolute atomic E-state index is 0.149. The van der Waals surface area contributed by atoms with Gasteiger partial charge in [-0.15, -0.1) is 0 Å². The number of aromatic nitrogens is 1. The molecule has 0 amide bonds. The molecular weight excluding hydrogens is 278 g/mol. The first-order valence-electron chi connectivity index (χ1n) is 5.91. The summed E-state index contributed by atoms with van der Waals surface area (Å²) in [6.45, 7) is 0. The second-order valence-electron chi connectivity index (χ2n) is 4.10. The van der Waals surface area contributed by atoms with E-state index in [2.05, 4.69) is 4.98 Å². The van der Waals surface area contributed by atoms with Crippen molar-refractivity contribution in [1.29, 1.82) is 0 Å². The van der Waals surface area contributed by atoms with Gasteiger partial charge in [-0.1, -0.05) is 6.07 Å². The topological polar surface area (TPSA) is 65.5 Å². The summed E-state index contributed by atoms with van der Waals surface area (Å²) < 4.78 is 34.9. The zero-order valence-electron chi connectivity index (χ0n) is 11.2. The van der Waals surface area contributed by atoms with Crippen molar-refractivity contribution in [1.82, 2.24) is 4.98 Å². The number of ether oxygens (including phenoxy) is 2. The first-order chi connectivity index (χ1) is 9.56. The van der Waals surface area contributed by atoms with Gasteiger partial charge in [-0.25, -0.2) is 8.42 Å². The fourth-order valence-corrected chi connectivity index (χ4v) is 3.06. The third-order valence-corrected chi connectivity index (χ3v) is 4.43. The van der Waals surface area contributed by atoms with E-state index in [9.17, 15) is 8.42 Å². The van der Waals surface area contributed by atoms with E-state index in [1.165, 1.54) is 26.4 Å². The van der Waals surface area contributed by atoms with Crippen LogP contribution in [0.5, 0.6) is 11.5 Å². The number of sulfone groups is 1. The molecule has 0 saturated heterocycles. The molecule has 0 fully saturated rings. The van der Waals surface area contributed by atoms with Crippen LogP contribution < -0.4 is 9.47 Å². The standard InChI is InChI=1S/C14H15NO4S/c1-18-13-7-6-12(9-14(13)19-2)20(16,17)10-11-5-3-4-8-15-11/h3-9H,10H2,1-2H3. The third-order valence-electron chi connectivity index (χ3n) is 2.78. The lowest BCUT2D eigenvalue weighted by atomic mass is 10.3. The summed E-state index contributed by atoms with van der Waals surface area (Å²) in [5, 5.41) is 0. The molecule has 0 saturated carbocycles. The van der Waals surface area contributed by atoms with Crippen LogP contribution in [-0.2, 0) is 15.6 Å². The minimum Gasteiger partial charge on any atom is -0.493 e. The second kappa shape index (κ2) is 5.92. The molecule has 0 atom stereocenters. The maximum absolute atomic E-state index is 12.3. The molecule has 1 aromatic heterocycles. The Kier molecular flexibility index (Phi) is 4.24. The van der Waals surface area contributed by atoms with Crippen molar-refractivity contribution >= 4 is 9.84 Å². The van der Waals surface area contributed by atoms with E-state index < -0.39 is 9.84 Å². The van der Waals surface area contributed by atoms with Crippen molar-refractivity contribution in [3.05, 3.63) is 48.3 Å². The number of rotatable bonds is 5. The lowest BCUT2D eigenvalue weighted by Gasteiger charge is -2.10. The first-order valence-corrected chi connectivity index (χ1v) is 7.57. The van der Waals surface area contributed by atoms with Crippen molar-refractivity contribution < 1.29 is 17.9 Å². The monoisotopic (exact) mass is 293 g/mol. The van der Waals surface area contributed by atoms with Gasteiger partial charge in [-0.05, 0) is 24.3 Å². The fourth-order valence-electron chi connectivity index (χ4n) is 1.77. The zero-order chi connectivity index (χ0) is 14.6. The fraction of sp³-hybridized carbons (Fsp3) is 0.214. The quantitative estimate of drug-likeness (QED) is 0.844. The minimum atomic E-state index is -3.47. The van der Waals surface area contributed by atoms with Gasteiger partial charge in [0.1, 0.15) is 0 Å². The van der Waals surface area contributed by atoms with Crippen LogP contribution in [0.1, 0.15) is 5.69 Å². The van der Waals surface area contributed by atoms with Gasteiger partial charge >= 0.3 is 0 Å². The molecule has 6 heteroatoms. The summed E-state index contributed by atoms with van der Waals surface area (Å²) in [7, 11) is -0.504. The maximum atomic E-state index is 12.3. The highest BCUT2D eigenvalue weighted by Gasteiger charge is 2.18. The Hall–Kier alpha value is -2.08. The van der Waals surface area contributed by atoms with Gasteiger partial charge in [-0.2, -0.15) is 0 Å². The van der Waals surface area contributed by atoms with Crippen LogP contribution in [0.3, 0.4) is 0 Å². The molecular formula is C14H15NO4S. The lowest BCUT2D eigenvalue weighted by molar-refractivity contribution is 0.354.